The number of nitrogens with two attached hydrogens (primary N) is 1. The van der Waals surface area contributed by atoms with E-state index in [1.807, 2.05) is 6.92 Å². The van der Waals surface area contributed by atoms with Crippen LogP contribution in [0.4, 0.5) is 5.69 Å². The normalized spacial score (nSPS) is 11.6. The Balaban J connectivity index is 2.01. The predicted octanol–water partition coefficient (Wildman–Crippen LogP) is 3.24. The number of benzene rings is 2. The molecule has 2 aromatic rings. The standard InChI is InChI=1S/C17H17ClN2O3/c1-2-15(23-14-9-5-12(18)6-10-14)17(22)20-13-7-3-11(4-8-13)16(19)21/h3-10,15H,2H2,1H3,(H2,19,21)(H,20,22)/t15-/m1/s1. The van der Waals surface area contributed by atoms with Gasteiger partial charge >= 0.3 is 0 Å². The molecule has 0 saturated carbocycles. The third-order valence-electron chi connectivity index (χ3n) is 3.19. The molecule has 23 heavy (non-hydrogen) atoms. The minimum Gasteiger partial charge on any atom is -0.481 e. The van der Waals surface area contributed by atoms with Crippen molar-refractivity contribution in [1.82, 2.24) is 0 Å². The number of nitrogens with one attached hydrogen (secondary N) is 1. The molecule has 0 aliphatic heterocycles. The molecule has 0 spiro atoms. The molecule has 0 aromatic heterocycles. The van der Waals surface area contributed by atoms with Crippen LogP contribution in [0.2, 0.25) is 5.02 Å². The number of ether oxygens (including phenoxy) is 1. The second-order valence-corrected chi connectivity index (χ2v) is 5.34. The van der Waals surface area contributed by atoms with Crippen molar-refractivity contribution in [3.05, 3.63) is 59.1 Å². The fraction of sp³-hybridized carbons (Fsp3) is 0.176. The van der Waals surface area contributed by atoms with Gasteiger partial charge in [-0.15, -0.1) is 0 Å². The Bertz CT molecular complexity index is 684. The molecule has 0 radical (unpaired) electrons. The van der Waals surface area contributed by atoms with E-state index >= 15 is 0 Å². The van der Waals surface area contributed by atoms with E-state index in [2.05, 4.69) is 5.32 Å². The minimum absolute atomic E-state index is 0.269. The molecule has 6 heteroatoms. The lowest BCUT2D eigenvalue weighted by molar-refractivity contribution is -0.122. The summed E-state index contributed by atoms with van der Waals surface area (Å²) in [5, 5.41) is 3.35. The summed E-state index contributed by atoms with van der Waals surface area (Å²) < 4.78 is 5.67. The molecule has 0 heterocycles. The van der Waals surface area contributed by atoms with Crippen LogP contribution in [0.5, 0.6) is 5.75 Å². The van der Waals surface area contributed by atoms with Crippen molar-refractivity contribution in [3.63, 3.8) is 0 Å². The van der Waals surface area contributed by atoms with Crippen molar-refractivity contribution in [3.8, 4) is 5.75 Å². The monoisotopic (exact) mass is 332 g/mol. The van der Waals surface area contributed by atoms with Crippen molar-refractivity contribution in [2.45, 2.75) is 19.4 Å². The predicted molar refractivity (Wildman–Crippen MR) is 89.7 cm³/mol. The number of hydrogen-bond donors (Lipinski definition) is 2. The molecule has 5 nitrogen and oxygen atoms in total. The number of carbonyl (C=O) groups excluding carboxylic acids is 2. The first-order valence-electron chi connectivity index (χ1n) is 7.12. The summed E-state index contributed by atoms with van der Waals surface area (Å²) in [6.07, 6.45) is -0.125. The Labute approximate surface area is 139 Å². The first kappa shape index (κ1) is 16.8. The van der Waals surface area contributed by atoms with Crippen molar-refractivity contribution in [2.24, 2.45) is 5.73 Å². The van der Waals surface area contributed by atoms with E-state index in [0.29, 0.717) is 28.4 Å². The minimum atomic E-state index is -0.632. The van der Waals surface area contributed by atoms with Crippen molar-refractivity contribution in [1.29, 1.82) is 0 Å². The Kier molecular flexibility index (Phi) is 5.60. The molecule has 0 aliphatic carbocycles. The van der Waals surface area contributed by atoms with E-state index in [0.717, 1.165) is 0 Å². The summed E-state index contributed by atoms with van der Waals surface area (Å²) >= 11 is 5.82. The second-order valence-electron chi connectivity index (χ2n) is 4.90. The number of hydrogen-bond acceptors (Lipinski definition) is 3. The topological polar surface area (TPSA) is 81.4 Å². The zero-order chi connectivity index (χ0) is 16.8. The lowest BCUT2D eigenvalue weighted by Gasteiger charge is -2.17. The molecule has 2 aromatic carbocycles. The Morgan fingerprint density at radius 1 is 1.13 bits per heavy atom. The molecular weight excluding hydrogens is 316 g/mol. The summed E-state index contributed by atoms with van der Waals surface area (Å²) in [4.78, 5) is 23.3. The molecule has 0 saturated heterocycles. The Morgan fingerprint density at radius 2 is 1.74 bits per heavy atom. The van der Waals surface area contributed by atoms with Crippen LogP contribution >= 0.6 is 11.6 Å². The van der Waals surface area contributed by atoms with E-state index in [1.54, 1.807) is 48.5 Å². The highest BCUT2D eigenvalue weighted by Gasteiger charge is 2.18. The molecule has 0 aliphatic rings. The molecule has 3 N–H and O–H groups in total. The van der Waals surface area contributed by atoms with Crippen LogP contribution in [0.25, 0.3) is 0 Å². The van der Waals surface area contributed by atoms with Crippen LogP contribution in [0, 0.1) is 0 Å². The molecule has 2 amide bonds. The van der Waals surface area contributed by atoms with E-state index in [-0.39, 0.29) is 5.91 Å². The van der Waals surface area contributed by atoms with Gasteiger partial charge in [0.15, 0.2) is 6.10 Å². The van der Waals surface area contributed by atoms with E-state index < -0.39 is 12.0 Å². The van der Waals surface area contributed by atoms with Gasteiger partial charge in [0.05, 0.1) is 0 Å². The van der Waals surface area contributed by atoms with Gasteiger partial charge in [-0.3, -0.25) is 9.59 Å². The maximum atomic E-state index is 12.3. The van der Waals surface area contributed by atoms with E-state index in [4.69, 9.17) is 22.1 Å². The van der Waals surface area contributed by atoms with Crippen LogP contribution in [-0.4, -0.2) is 17.9 Å². The van der Waals surface area contributed by atoms with Crippen LogP contribution in [0.15, 0.2) is 48.5 Å². The van der Waals surface area contributed by atoms with E-state index in [1.165, 1.54) is 0 Å². The van der Waals surface area contributed by atoms with Crippen molar-refractivity contribution < 1.29 is 14.3 Å². The molecule has 1 atom stereocenters. The van der Waals surface area contributed by atoms with Crippen molar-refractivity contribution in [2.75, 3.05) is 5.32 Å². The number of primary amides is 1. The summed E-state index contributed by atoms with van der Waals surface area (Å²) in [6.45, 7) is 1.86. The van der Waals surface area contributed by atoms with E-state index in [9.17, 15) is 9.59 Å². The number of halogens is 1. The van der Waals surface area contributed by atoms with Crippen LogP contribution in [-0.2, 0) is 4.79 Å². The van der Waals surface area contributed by atoms with Crippen LogP contribution in [0.3, 0.4) is 0 Å². The van der Waals surface area contributed by atoms with Gasteiger partial charge in [-0.1, -0.05) is 18.5 Å². The molecule has 0 fully saturated rings. The highest BCUT2D eigenvalue weighted by Crippen LogP contribution is 2.18. The van der Waals surface area contributed by atoms with Crippen molar-refractivity contribution >= 4 is 29.1 Å². The van der Waals surface area contributed by atoms with Gasteiger partial charge in [0.1, 0.15) is 5.75 Å². The first-order valence-corrected chi connectivity index (χ1v) is 7.50. The molecule has 0 unspecified atom stereocenters. The van der Waals surface area contributed by atoms with Gasteiger partial charge in [-0.05, 0) is 55.0 Å². The smallest absolute Gasteiger partial charge is 0.265 e. The highest BCUT2D eigenvalue weighted by molar-refractivity contribution is 6.30. The number of carbonyl (C=O) groups is 2. The zero-order valence-corrected chi connectivity index (χ0v) is 13.3. The maximum Gasteiger partial charge on any atom is 0.265 e. The van der Waals surface area contributed by atoms with Gasteiger partial charge in [0, 0.05) is 16.3 Å². The first-order chi connectivity index (χ1) is 11.0. The highest BCUT2D eigenvalue weighted by atomic mass is 35.5. The maximum absolute atomic E-state index is 12.3. The third kappa shape index (κ3) is 4.72. The summed E-state index contributed by atoms with van der Waals surface area (Å²) in [7, 11) is 0. The number of rotatable bonds is 6. The fourth-order valence-corrected chi connectivity index (χ4v) is 2.07. The quantitative estimate of drug-likeness (QED) is 0.852. The van der Waals surface area contributed by atoms with Crippen LogP contribution < -0.4 is 15.8 Å². The van der Waals surface area contributed by atoms with Crippen LogP contribution in [0.1, 0.15) is 23.7 Å². The SMILES string of the molecule is CC[C@@H](Oc1ccc(Cl)cc1)C(=O)Nc1ccc(C(N)=O)cc1. The molecule has 120 valence electrons. The van der Waals surface area contributed by atoms with Gasteiger partial charge < -0.3 is 15.8 Å². The molecular formula is C17H17ClN2O3. The van der Waals surface area contributed by atoms with Gasteiger partial charge in [-0.25, -0.2) is 0 Å². The average Bonchev–Trinajstić information content (AvgIpc) is 2.54. The zero-order valence-electron chi connectivity index (χ0n) is 12.6. The van der Waals surface area contributed by atoms with Gasteiger partial charge in [0.25, 0.3) is 5.91 Å². The second kappa shape index (κ2) is 7.65. The molecule has 2 rings (SSSR count). The van der Waals surface area contributed by atoms with Gasteiger partial charge in [-0.2, -0.15) is 0 Å². The number of anilines is 1. The third-order valence-corrected chi connectivity index (χ3v) is 3.44. The lowest BCUT2D eigenvalue weighted by atomic mass is 10.2. The summed E-state index contributed by atoms with van der Waals surface area (Å²) in [5.41, 5.74) is 6.13. The lowest BCUT2D eigenvalue weighted by Crippen LogP contribution is -2.32. The number of amides is 2. The summed E-state index contributed by atoms with van der Waals surface area (Å²) in [5.74, 6) is -0.213. The largest absolute Gasteiger partial charge is 0.481 e. The Morgan fingerprint density at radius 3 is 2.26 bits per heavy atom. The Hall–Kier alpha value is -2.53. The fourth-order valence-electron chi connectivity index (χ4n) is 1.94. The summed E-state index contributed by atoms with van der Waals surface area (Å²) in [6, 6.07) is 13.2. The van der Waals surface area contributed by atoms with Gasteiger partial charge in [0.2, 0.25) is 5.91 Å². The molecule has 0 bridgehead atoms. The average molecular weight is 333 g/mol.